The van der Waals surface area contributed by atoms with Crippen molar-refractivity contribution in [3.8, 4) is 0 Å². The maximum Gasteiger partial charge on any atom is 0.252 e. The molecule has 1 atom stereocenters. The molecule has 12 heteroatoms. The fourth-order valence-corrected chi connectivity index (χ4v) is 8.18. The number of rotatable bonds is 8. The molecule has 0 spiro atoms. The van der Waals surface area contributed by atoms with Gasteiger partial charge in [-0.2, -0.15) is 4.31 Å². The molecule has 0 saturated carbocycles. The molecule has 0 bridgehead atoms. The first-order valence-corrected chi connectivity index (χ1v) is 14.4. The molecule has 4 rings (SSSR count). The summed E-state index contributed by atoms with van der Waals surface area (Å²) >= 11 is 8.24. The monoisotopic (exact) mass is 544 g/mol. The van der Waals surface area contributed by atoms with Gasteiger partial charge in [0.1, 0.15) is 10.0 Å². The van der Waals surface area contributed by atoms with Gasteiger partial charge in [-0.3, -0.25) is 9.69 Å². The number of aromatic nitrogens is 1. The van der Waals surface area contributed by atoms with E-state index in [1.807, 2.05) is 19.0 Å². The van der Waals surface area contributed by atoms with Gasteiger partial charge in [0, 0.05) is 19.6 Å². The van der Waals surface area contributed by atoms with Crippen molar-refractivity contribution in [1.82, 2.24) is 14.2 Å². The number of sulfonamides is 1. The Balaban J connectivity index is 1.58. The molecule has 2 aromatic heterocycles. The van der Waals surface area contributed by atoms with Crippen LogP contribution in [0.1, 0.15) is 19.3 Å². The number of benzene rings is 1. The number of piperidine rings is 1. The van der Waals surface area contributed by atoms with Gasteiger partial charge >= 0.3 is 0 Å². The normalized spacial score (nSPS) is 17.5. The van der Waals surface area contributed by atoms with E-state index in [0.29, 0.717) is 45.6 Å². The first kappa shape index (κ1) is 25.5. The van der Waals surface area contributed by atoms with E-state index in [4.69, 9.17) is 11.6 Å². The van der Waals surface area contributed by atoms with Gasteiger partial charge in [0.15, 0.2) is 5.13 Å². The predicted molar refractivity (Wildman–Crippen MR) is 136 cm³/mol. The maximum absolute atomic E-state index is 13.7. The molecule has 184 valence electrons. The highest BCUT2D eigenvalue weighted by molar-refractivity contribution is 7.91. The van der Waals surface area contributed by atoms with Crippen molar-refractivity contribution >= 4 is 65.6 Å². The van der Waals surface area contributed by atoms with E-state index in [0.717, 1.165) is 24.3 Å². The van der Waals surface area contributed by atoms with Gasteiger partial charge in [-0.1, -0.05) is 22.9 Å². The number of anilines is 1. The fraction of sp³-hybridized carbons (Fsp3) is 0.455. The van der Waals surface area contributed by atoms with Crippen LogP contribution < -0.4 is 4.90 Å². The number of carbonyl (C=O) groups excluding carboxylic acids is 1. The molecule has 3 heterocycles. The van der Waals surface area contributed by atoms with Crippen molar-refractivity contribution in [2.45, 2.75) is 23.5 Å². The Kier molecular flexibility index (Phi) is 7.90. The zero-order chi connectivity index (χ0) is 24.5. The van der Waals surface area contributed by atoms with Crippen molar-refractivity contribution in [2.75, 3.05) is 45.2 Å². The Labute approximate surface area is 211 Å². The van der Waals surface area contributed by atoms with Gasteiger partial charge in [0.25, 0.3) is 10.0 Å². The summed E-state index contributed by atoms with van der Waals surface area (Å²) in [6.07, 6.45) is 1.91. The van der Waals surface area contributed by atoms with E-state index < -0.39 is 15.9 Å². The lowest BCUT2D eigenvalue weighted by atomic mass is 9.98. The van der Waals surface area contributed by atoms with Crippen LogP contribution in [-0.4, -0.2) is 68.8 Å². The summed E-state index contributed by atoms with van der Waals surface area (Å²) in [5.41, 5.74) is 0.634. The Morgan fingerprint density at radius 2 is 2.03 bits per heavy atom. The Bertz CT molecular complexity index is 1280. The Morgan fingerprint density at radius 3 is 2.74 bits per heavy atom. The molecule has 7 nitrogen and oxygen atoms in total. The number of carbonyl (C=O) groups is 1. The molecule has 0 N–H and O–H groups in total. The van der Waals surface area contributed by atoms with Crippen LogP contribution >= 0.6 is 34.3 Å². The van der Waals surface area contributed by atoms with Crippen LogP contribution in [0.25, 0.3) is 10.2 Å². The Hall–Kier alpha value is -1.63. The number of thiophene rings is 1. The lowest BCUT2D eigenvalue weighted by Crippen LogP contribution is -2.47. The molecule has 0 aliphatic carbocycles. The average Bonchev–Trinajstić information content (AvgIpc) is 3.42. The smallest absolute Gasteiger partial charge is 0.252 e. The van der Waals surface area contributed by atoms with Crippen molar-refractivity contribution in [1.29, 1.82) is 0 Å². The highest BCUT2D eigenvalue weighted by Gasteiger charge is 2.36. The third-order valence-corrected chi connectivity index (χ3v) is 10.3. The molecule has 1 aliphatic rings. The van der Waals surface area contributed by atoms with E-state index >= 15 is 0 Å². The maximum atomic E-state index is 13.7. The van der Waals surface area contributed by atoms with Gasteiger partial charge < -0.3 is 4.90 Å². The second-order valence-electron chi connectivity index (χ2n) is 8.52. The standard InChI is InChI=1S/C22H26ClFN4O3S3/c1-26(2)10-4-12-28(22-25-17-7-6-16(24)13-18(17)32-22)21(29)15-5-3-11-27(14-15)34(30,31)20-9-8-19(23)33-20/h6-9,13,15H,3-5,10-12,14H2,1-2H3. The lowest BCUT2D eigenvalue weighted by Gasteiger charge is -2.33. The van der Waals surface area contributed by atoms with E-state index in [-0.39, 0.29) is 22.5 Å². The predicted octanol–water partition coefficient (Wildman–Crippen LogP) is 4.54. The van der Waals surface area contributed by atoms with Crippen molar-refractivity contribution in [3.63, 3.8) is 0 Å². The molecule has 34 heavy (non-hydrogen) atoms. The number of fused-ring (bicyclic) bond motifs is 1. The fourth-order valence-electron chi connectivity index (χ4n) is 3.99. The van der Waals surface area contributed by atoms with Gasteiger partial charge in [0.05, 0.1) is 20.5 Å². The largest absolute Gasteiger partial charge is 0.309 e. The van der Waals surface area contributed by atoms with E-state index in [2.05, 4.69) is 4.98 Å². The molecular formula is C22H26ClFN4O3S3. The molecule has 0 radical (unpaired) electrons. The topological polar surface area (TPSA) is 73.8 Å². The summed E-state index contributed by atoms with van der Waals surface area (Å²) in [4.78, 5) is 22.0. The Morgan fingerprint density at radius 1 is 1.24 bits per heavy atom. The number of hydrogen-bond donors (Lipinski definition) is 0. The van der Waals surface area contributed by atoms with E-state index in [1.54, 1.807) is 17.0 Å². The zero-order valence-corrected chi connectivity index (χ0v) is 22.1. The number of halogens is 2. The zero-order valence-electron chi connectivity index (χ0n) is 18.9. The van der Waals surface area contributed by atoms with Crippen LogP contribution in [0, 0.1) is 11.7 Å². The number of nitrogens with zero attached hydrogens (tertiary/aromatic N) is 4. The van der Waals surface area contributed by atoms with Gasteiger partial charge in [-0.25, -0.2) is 17.8 Å². The van der Waals surface area contributed by atoms with E-state index in [9.17, 15) is 17.6 Å². The molecular weight excluding hydrogens is 519 g/mol. The van der Waals surface area contributed by atoms with Crippen LogP contribution in [-0.2, 0) is 14.8 Å². The number of thiazole rings is 1. The third-order valence-electron chi connectivity index (χ3n) is 5.70. The minimum atomic E-state index is -3.72. The second kappa shape index (κ2) is 10.5. The van der Waals surface area contributed by atoms with Crippen molar-refractivity contribution in [2.24, 2.45) is 5.92 Å². The van der Waals surface area contributed by atoms with Crippen LogP contribution in [0.2, 0.25) is 4.34 Å². The van der Waals surface area contributed by atoms with Crippen LogP contribution in [0.15, 0.2) is 34.5 Å². The molecule has 3 aromatic rings. The van der Waals surface area contributed by atoms with Gasteiger partial charge in [-0.05, 0) is 70.2 Å². The summed E-state index contributed by atoms with van der Waals surface area (Å²) in [5.74, 6) is -0.987. The molecule has 1 amide bonds. The third kappa shape index (κ3) is 5.60. The highest BCUT2D eigenvalue weighted by Crippen LogP contribution is 2.34. The summed E-state index contributed by atoms with van der Waals surface area (Å²) in [6.45, 7) is 1.71. The van der Waals surface area contributed by atoms with Crippen molar-refractivity contribution in [3.05, 3.63) is 40.5 Å². The van der Waals surface area contributed by atoms with Gasteiger partial charge in [0.2, 0.25) is 5.91 Å². The number of amides is 1. The average molecular weight is 545 g/mol. The van der Waals surface area contributed by atoms with Gasteiger partial charge in [-0.15, -0.1) is 11.3 Å². The quantitative estimate of drug-likeness (QED) is 0.416. The van der Waals surface area contributed by atoms with E-state index in [1.165, 1.54) is 33.8 Å². The second-order valence-corrected chi connectivity index (χ2v) is 13.4. The molecule has 1 aromatic carbocycles. The minimum absolute atomic E-state index is 0.111. The highest BCUT2D eigenvalue weighted by atomic mass is 35.5. The minimum Gasteiger partial charge on any atom is -0.309 e. The lowest BCUT2D eigenvalue weighted by molar-refractivity contribution is -0.123. The summed E-state index contributed by atoms with van der Waals surface area (Å²) in [7, 11) is 0.215. The van der Waals surface area contributed by atoms with Crippen LogP contribution in [0.4, 0.5) is 9.52 Å². The molecule has 1 aliphatic heterocycles. The molecule has 1 fully saturated rings. The number of hydrogen-bond acceptors (Lipinski definition) is 7. The van der Waals surface area contributed by atoms with Crippen molar-refractivity contribution < 1.29 is 17.6 Å². The summed E-state index contributed by atoms with van der Waals surface area (Å²) in [6, 6.07) is 7.44. The molecule has 1 saturated heterocycles. The van der Waals surface area contributed by atoms with Crippen LogP contribution in [0.3, 0.4) is 0 Å². The molecule has 1 unspecified atom stereocenters. The van der Waals surface area contributed by atoms with Crippen LogP contribution in [0.5, 0.6) is 0 Å². The first-order valence-electron chi connectivity index (χ1n) is 10.9. The first-order chi connectivity index (χ1) is 16.1. The summed E-state index contributed by atoms with van der Waals surface area (Å²) < 4.78 is 42.6. The summed E-state index contributed by atoms with van der Waals surface area (Å²) in [5, 5.41) is 0.509. The SMILES string of the molecule is CN(C)CCCN(C(=O)C1CCCN(S(=O)(=O)c2ccc(Cl)s2)C1)c1nc2ccc(F)cc2s1.